The largest absolute Gasteiger partial charge is 0.469 e. The maximum Gasteiger partial charge on any atom is 0.305 e. The minimum atomic E-state index is -2.77. The Balaban J connectivity index is 3.09. The fourth-order valence-electron chi connectivity index (χ4n) is 2.68. The van der Waals surface area contributed by atoms with Crippen LogP contribution >= 0.6 is 0 Å². The van der Waals surface area contributed by atoms with Crippen molar-refractivity contribution in [1.29, 1.82) is 0 Å². The van der Waals surface area contributed by atoms with Gasteiger partial charge < -0.3 is 4.74 Å². The first-order valence-electron chi connectivity index (χ1n) is 9.20. The van der Waals surface area contributed by atoms with E-state index in [1.165, 1.54) is 64.7 Å². The van der Waals surface area contributed by atoms with Gasteiger partial charge in [0.1, 0.15) is 9.84 Å². The Bertz CT molecular complexity index is 376. The van der Waals surface area contributed by atoms with E-state index in [1.54, 1.807) is 0 Å². The van der Waals surface area contributed by atoms with Crippen molar-refractivity contribution >= 4 is 15.8 Å². The SMILES string of the molecule is COC(=O)CCCCCCCCCCCCCCCS(C)(=O)=O. The lowest BCUT2D eigenvalue weighted by molar-refractivity contribution is -0.140. The van der Waals surface area contributed by atoms with Crippen LogP contribution in [0.4, 0.5) is 0 Å². The average Bonchev–Trinajstić information content (AvgIpc) is 2.49. The summed E-state index contributed by atoms with van der Waals surface area (Å²) < 4.78 is 26.6. The van der Waals surface area contributed by atoms with Gasteiger partial charge in [-0.05, 0) is 12.8 Å². The third kappa shape index (κ3) is 19.4. The van der Waals surface area contributed by atoms with E-state index in [-0.39, 0.29) is 5.97 Å². The van der Waals surface area contributed by atoms with Crippen molar-refractivity contribution in [1.82, 2.24) is 0 Å². The summed E-state index contributed by atoms with van der Waals surface area (Å²) in [6, 6.07) is 0. The summed E-state index contributed by atoms with van der Waals surface area (Å²) in [4.78, 5) is 10.9. The van der Waals surface area contributed by atoms with E-state index in [2.05, 4.69) is 4.74 Å². The molecule has 0 bridgehead atoms. The fourth-order valence-corrected chi connectivity index (χ4v) is 3.41. The van der Waals surface area contributed by atoms with Crippen LogP contribution in [-0.4, -0.2) is 33.5 Å². The number of hydrogen-bond donors (Lipinski definition) is 0. The Hall–Kier alpha value is -0.580. The summed E-state index contributed by atoms with van der Waals surface area (Å²) in [7, 11) is -1.33. The van der Waals surface area contributed by atoms with Crippen LogP contribution in [0.25, 0.3) is 0 Å². The zero-order chi connectivity index (χ0) is 17.4. The number of esters is 1. The van der Waals surface area contributed by atoms with Crippen LogP contribution in [0, 0.1) is 0 Å². The number of unbranched alkanes of at least 4 members (excludes halogenated alkanes) is 12. The molecule has 138 valence electrons. The van der Waals surface area contributed by atoms with Crippen LogP contribution in [0.3, 0.4) is 0 Å². The third-order valence-electron chi connectivity index (χ3n) is 4.12. The molecule has 0 aromatic rings. The van der Waals surface area contributed by atoms with Crippen molar-refractivity contribution < 1.29 is 17.9 Å². The van der Waals surface area contributed by atoms with Gasteiger partial charge >= 0.3 is 5.97 Å². The van der Waals surface area contributed by atoms with Crippen LogP contribution < -0.4 is 0 Å². The molecule has 5 heteroatoms. The van der Waals surface area contributed by atoms with E-state index in [0.717, 1.165) is 32.1 Å². The Kier molecular flexibility index (Phi) is 14.6. The number of hydrogen-bond acceptors (Lipinski definition) is 4. The van der Waals surface area contributed by atoms with E-state index in [4.69, 9.17) is 0 Å². The molecule has 0 aliphatic heterocycles. The Morgan fingerprint density at radius 2 is 1.04 bits per heavy atom. The van der Waals surface area contributed by atoms with Crippen molar-refractivity contribution in [2.45, 2.75) is 89.9 Å². The number of rotatable bonds is 16. The number of carbonyl (C=O) groups is 1. The van der Waals surface area contributed by atoms with Gasteiger partial charge in [0.15, 0.2) is 0 Å². The molecule has 0 rings (SSSR count). The molecule has 0 heterocycles. The van der Waals surface area contributed by atoms with Crippen molar-refractivity contribution in [3.05, 3.63) is 0 Å². The number of carbonyl (C=O) groups excluding carboxylic acids is 1. The second-order valence-corrected chi connectivity index (χ2v) is 8.81. The van der Waals surface area contributed by atoms with Crippen LogP contribution in [0.15, 0.2) is 0 Å². The van der Waals surface area contributed by atoms with Crippen LogP contribution in [0.1, 0.15) is 89.9 Å². The maximum absolute atomic E-state index is 11.0. The molecule has 0 amide bonds. The van der Waals surface area contributed by atoms with Gasteiger partial charge in [0.2, 0.25) is 0 Å². The molecule has 0 saturated carbocycles. The molecule has 0 aliphatic rings. The fraction of sp³-hybridized carbons (Fsp3) is 0.944. The van der Waals surface area contributed by atoms with Crippen LogP contribution in [0.5, 0.6) is 0 Å². The van der Waals surface area contributed by atoms with Crippen molar-refractivity contribution in [3.8, 4) is 0 Å². The van der Waals surface area contributed by atoms with E-state index in [0.29, 0.717) is 12.2 Å². The molecule has 0 aliphatic carbocycles. The quantitative estimate of drug-likeness (QED) is 0.300. The van der Waals surface area contributed by atoms with E-state index < -0.39 is 9.84 Å². The molecular formula is C18H36O4S. The number of sulfone groups is 1. The van der Waals surface area contributed by atoms with Crippen LogP contribution in [-0.2, 0) is 19.4 Å². The zero-order valence-corrected chi connectivity index (χ0v) is 16.0. The highest BCUT2D eigenvalue weighted by Gasteiger charge is 2.01. The first kappa shape index (κ1) is 22.4. The normalized spacial score (nSPS) is 11.6. The maximum atomic E-state index is 11.0. The highest BCUT2D eigenvalue weighted by molar-refractivity contribution is 7.90. The third-order valence-corrected chi connectivity index (χ3v) is 5.15. The summed E-state index contributed by atoms with van der Waals surface area (Å²) in [6.45, 7) is 0. The molecule has 0 N–H and O–H groups in total. The number of ether oxygens (including phenoxy) is 1. The summed E-state index contributed by atoms with van der Waals surface area (Å²) in [5.41, 5.74) is 0. The highest BCUT2D eigenvalue weighted by Crippen LogP contribution is 2.13. The highest BCUT2D eigenvalue weighted by atomic mass is 32.2. The van der Waals surface area contributed by atoms with E-state index in [1.807, 2.05) is 0 Å². The zero-order valence-electron chi connectivity index (χ0n) is 15.1. The van der Waals surface area contributed by atoms with Gasteiger partial charge in [-0.1, -0.05) is 70.6 Å². The smallest absolute Gasteiger partial charge is 0.305 e. The monoisotopic (exact) mass is 348 g/mol. The molecule has 4 nitrogen and oxygen atoms in total. The van der Waals surface area contributed by atoms with Crippen molar-refractivity contribution in [2.24, 2.45) is 0 Å². The summed E-state index contributed by atoms with van der Waals surface area (Å²) >= 11 is 0. The molecular weight excluding hydrogens is 312 g/mol. The van der Waals surface area contributed by atoms with E-state index >= 15 is 0 Å². The van der Waals surface area contributed by atoms with Gasteiger partial charge in [0.05, 0.1) is 7.11 Å². The van der Waals surface area contributed by atoms with Crippen molar-refractivity contribution in [3.63, 3.8) is 0 Å². The van der Waals surface area contributed by atoms with Gasteiger partial charge in [0.25, 0.3) is 0 Å². The van der Waals surface area contributed by atoms with Gasteiger partial charge in [0, 0.05) is 18.4 Å². The first-order valence-corrected chi connectivity index (χ1v) is 11.3. The Labute approximate surface area is 143 Å². The minimum absolute atomic E-state index is 0.0960. The average molecular weight is 349 g/mol. The molecule has 0 fully saturated rings. The standard InChI is InChI=1S/C18H36O4S/c1-22-18(19)16-14-12-10-8-6-4-3-5-7-9-11-13-15-17-23(2,20)21/h3-17H2,1-2H3. The lowest BCUT2D eigenvalue weighted by Crippen LogP contribution is -2.02. The summed E-state index contributed by atoms with van der Waals surface area (Å²) in [6.07, 6.45) is 17.2. The van der Waals surface area contributed by atoms with Gasteiger partial charge in [-0.25, -0.2) is 8.42 Å². The molecule has 23 heavy (non-hydrogen) atoms. The molecule has 0 aromatic heterocycles. The molecule has 0 saturated heterocycles. The predicted octanol–water partition coefficient (Wildman–Crippen LogP) is 4.67. The van der Waals surface area contributed by atoms with Gasteiger partial charge in [-0.15, -0.1) is 0 Å². The molecule has 0 unspecified atom stereocenters. The first-order chi connectivity index (χ1) is 11.0. The molecule has 0 aromatic carbocycles. The summed E-state index contributed by atoms with van der Waals surface area (Å²) in [5, 5.41) is 0. The summed E-state index contributed by atoms with van der Waals surface area (Å²) in [5.74, 6) is 0.244. The Morgan fingerprint density at radius 3 is 1.39 bits per heavy atom. The predicted molar refractivity (Wildman–Crippen MR) is 96.4 cm³/mol. The van der Waals surface area contributed by atoms with Gasteiger partial charge in [-0.2, -0.15) is 0 Å². The van der Waals surface area contributed by atoms with Crippen molar-refractivity contribution in [2.75, 3.05) is 19.1 Å². The lowest BCUT2D eigenvalue weighted by Gasteiger charge is -2.03. The molecule has 0 radical (unpaired) electrons. The number of methoxy groups -OCH3 is 1. The minimum Gasteiger partial charge on any atom is -0.469 e. The molecule has 0 spiro atoms. The lowest BCUT2D eigenvalue weighted by atomic mass is 10.0. The van der Waals surface area contributed by atoms with Gasteiger partial charge in [-0.3, -0.25) is 4.79 Å². The topological polar surface area (TPSA) is 60.4 Å². The van der Waals surface area contributed by atoms with Crippen LogP contribution in [0.2, 0.25) is 0 Å². The second-order valence-electron chi connectivity index (χ2n) is 6.55. The second kappa shape index (κ2) is 15.0. The molecule has 0 atom stereocenters. The van der Waals surface area contributed by atoms with E-state index in [9.17, 15) is 13.2 Å². The Morgan fingerprint density at radius 1 is 0.696 bits per heavy atom.